The SMILES string of the molecule is CC(=O)OCC1O[C@H](Br)C(OC(C)=O)C(n2cc(C3=CC(F)C(F)C(F)=C3)nn2)[C@H]1OC(C)=O. The van der Waals surface area contributed by atoms with E-state index in [2.05, 4.69) is 26.2 Å². The third kappa shape index (κ3) is 5.84. The molecule has 14 heteroatoms. The zero-order chi connectivity index (χ0) is 25.2. The van der Waals surface area contributed by atoms with E-state index in [1.54, 1.807) is 0 Å². The van der Waals surface area contributed by atoms with Crippen LogP contribution < -0.4 is 0 Å². The van der Waals surface area contributed by atoms with E-state index in [1.807, 2.05) is 0 Å². The molecule has 1 saturated heterocycles. The Balaban J connectivity index is 2.02. The van der Waals surface area contributed by atoms with E-state index in [9.17, 15) is 27.6 Å². The summed E-state index contributed by atoms with van der Waals surface area (Å²) in [5.74, 6) is -3.31. The van der Waals surface area contributed by atoms with Gasteiger partial charge in [0.25, 0.3) is 0 Å². The molecule has 2 aliphatic rings. The molecule has 34 heavy (non-hydrogen) atoms. The minimum absolute atomic E-state index is 0.0120. The van der Waals surface area contributed by atoms with Crippen molar-refractivity contribution in [2.45, 2.75) is 62.5 Å². The third-order valence-corrected chi connectivity index (χ3v) is 5.68. The predicted octanol–water partition coefficient (Wildman–Crippen LogP) is 2.29. The lowest BCUT2D eigenvalue weighted by molar-refractivity contribution is -0.211. The first-order chi connectivity index (χ1) is 16.0. The fourth-order valence-electron chi connectivity index (χ4n) is 3.57. The molecule has 1 aromatic rings. The Morgan fingerprint density at radius 3 is 2.35 bits per heavy atom. The molecular formula is C20H21BrF3N3O7. The lowest BCUT2D eigenvalue weighted by Gasteiger charge is -2.43. The van der Waals surface area contributed by atoms with Crippen LogP contribution in [0.1, 0.15) is 32.5 Å². The van der Waals surface area contributed by atoms with Gasteiger partial charge >= 0.3 is 17.9 Å². The highest BCUT2D eigenvalue weighted by molar-refractivity contribution is 9.09. The number of esters is 3. The van der Waals surface area contributed by atoms with Gasteiger partial charge in [-0.25, -0.2) is 17.9 Å². The Morgan fingerprint density at radius 2 is 1.76 bits per heavy atom. The number of aromatic nitrogens is 3. The molecule has 7 atom stereocenters. The molecular weight excluding hydrogens is 531 g/mol. The van der Waals surface area contributed by atoms with Gasteiger partial charge in [-0.2, -0.15) is 0 Å². The second-order valence-corrected chi connectivity index (χ2v) is 8.45. The summed E-state index contributed by atoms with van der Waals surface area (Å²) in [6, 6.07) is -1.05. The first-order valence-corrected chi connectivity index (χ1v) is 11.0. The van der Waals surface area contributed by atoms with Crippen molar-refractivity contribution >= 4 is 39.4 Å². The predicted molar refractivity (Wildman–Crippen MR) is 111 cm³/mol. The van der Waals surface area contributed by atoms with Crippen LogP contribution >= 0.6 is 15.9 Å². The van der Waals surface area contributed by atoms with E-state index in [0.29, 0.717) is 0 Å². The molecule has 186 valence electrons. The normalized spacial score (nSPS) is 31.2. The van der Waals surface area contributed by atoms with Gasteiger partial charge in [-0.3, -0.25) is 14.4 Å². The largest absolute Gasteiger partial charge is 0.463 e. The number of carbonyl (C=O) groups excluding carboxylic acids is 3. The zero-order valence-corrected chi connectivity index (χ0v) is 19.8. The maximum absolute atomic E-state index is 13.8. The van der Waals surface area contributed by atoms with E-state index in [4.69, 9.17) is 18.9 Å². The molecule has 0 N–H and O–H groups in total. The fourth-order valence-corrected chi connectivity index (χ4v) is 4.27. The summed E-state index contributed by atoms with van der Waals surface area (Å²) in [5, 5.41) is 6.89. The number of hydrogen-bond acceptors (Lipinski definition) is 9. The number of rotatable bonds is 6. The fraction of sp³-hybridized carbons (Fsp3) is 0.550. The average Bonchev–Trinajstić information content (AvgIpc) is 3.22. The molecule has 10 nitrogen and oxygen atoms in total. The first kappa shape index (κ1) is 25.9. The topological polar surface area (TPSA) is 119 Å². The summed E-state index contributed by atoms with van der Waals surface area (Å²) in [7, 11) is 0. The van der Waals surface area contributed by atoms with E-state index in [-0.39, 0.29) is 17.9 Å². The van der Waals surface area contributed by atoms with E-state index in [0.717, 1.165) is 26.0 Å². The Bertz CT molecular complexity index is 1020. The van der Waals surface area contributed by atoms with Gasteiger partial charge in [0.2, 0.25) is 0 Å². The van der Waals surface area contributed by atoms with E-state index < -0.39 is 65.4 Å². The number of alkyl halides is 3. The molecule has 2 heterocycles. The van der Waals surface area contributed by atoms with Gasteiger partial charge in [0.05, 0.1) is 6.20 Å². The van der Waals surface area contributed by atoms with Crippen LogP contribution in [0, 0.1) is 0 Å². The molecule has 0 saturated carbocycles. The molecule has 0 amide bonds. The van der Waals surface area contributed by atoms with Crippen molar-refractivity contribution in [2.75, 3.05) is 6.61 Å². The van der Waals surface area contributed by atoms with Crippen LogP contribution in [-0.2, 0) is 33.3 Å². The number of allylic oxidation sites excluding steroid dienone is 4. The molecule has 5 unspecified atom stereocenters. The van der Waals surface area contributed by atoms with Crippen LogP contribution in [0.5, 0.6) is 0 Å². The second-order valence-electron chi connectivity index (χ2n) is 7.55. The Kier molecular flexibility index (Phi) is 8.13. The van der Waals surface area contributed by atoms with Crippen molar-refractivity contribution in [1.29, 1.82) is 0 Å². The van der Waals surface area contributed by atoms with Gasteiger partial charge in [0, 0.05) is 26.3 Å². The summed E-state index contributed by atoms with van der Waals surface area (Å²) >= 11 is 3.26. The smallest absolute Gasteiger partial charge is 0.303 e. The molecule has 0 radical (unpaired) electrons. The van der Waals surface area contributed by atoms with Gasteiger partial charge in [0.1, 0.15) is 30.3 Å². The highest BCUT2D eigenvalue weighted by atomic mass is 79.9. The molecule has 0 bridgehead atoms. The van der Waals surface area contributed by atoms with Gasteiger partial charge in [-0.15, -0.1) is 5.10 Å². The molecule has 1 aliphatic heterocycles. The number of carbonyl (C=O) groups is 3. The van der Waals surface area contributed by atoms with Crippen molar-refractivity contribution in [2.24, 2.45) is 0 Å². The molecule has 3 rings (SSSR count). The van der Waals surface area contributed by atoms with E-state index in [1.165, 1.54) is 17.8 Å². The highest BCUT2D eigenvalue weighted by Crippen LogP contribution is 2.37. The zero-order valence-electron chi connectivity index (χ0n) is 18.2. The van der Waals surface area contributed by atoms with Crippen LogP contribution in [0.2, 0.25) is 0 Å². The lowest BCUT2D eigenvalue weighted by Crippen LogP contribution is -2.57. The van der Waals surface area contributed by atoms with Gasteiger partial charge < -0.3 is 18.9 Å². The van der Waals surface area contributed by atoms with Crippen molar-refractivity contribution in [3.8, 4) is 0 Å². The summed E-state index contributed by atoms with van der Waals surface area (Å²) < 4.78 is 63.7. The number of ether oxygens (including phenoxy) is 4. The van der Waals surface area contributed by atoms with Crippen LogP contribution in [0.25, 0.3) is 5.57 Å². The molecule has 1 aromatic heterocycles. The Labute approximate surface area is 200 Å². The van der Waals surface area contributed by atoms with Crippen molar-refractivity contribution in [3.05, 3.63) is 29.9 Å². The minimum Gasteiger partial charge on any atom is -0.463 e. The van der Waals surface area contributed by atoms with Crippen molar-refractivity contribution < 1.29 is 46.5 Å². The Hall–Kier alpha value is -2.74. The van der Waals surface area contributed by atoms with Crippen molar-refractivity contribution in [1.82, 2.24) is 15.0 Å². The highest BCUT2D eigenvalue weighted by Gasteiger charge is 2.51. The van der Waals surface area contributed by atoms with Crippen LogP contribution in [0.15, 0.2) is 24.2 Å². The number of halogens is 4. The van der Waals surface area contributed by atoms with Gasteiger partial charge in [0.15, 0.2) is 29.6 Å². The molecule has 1 aliphatic carbocycles. The molecule has 0 spiro atoms. The van der Waals surface area contributed by atoms with Crippen LogP contribution in [0.3, 0.4) is 0 Å². The summed E-state index contributed by atoms with van der Waals surface area (Å²) in [6.07, 6.45) is -4.99. The summed E-state index contributed by atoms with van der Waals surface area (Å²) in [6.45, 7) is 3.18. The summed E-state index contributed by atoms with van der Waals surface area (Å²) in [5.41, 5.74) is -0.0702. The Morgan fingerprint density at radius 1 is 1.12 bits per heavy atom. The van der Waals surface area contributed by atoms with Crippen LogP contribution in [-0.4, -0.2) is 75.2 Å². The quantitative estimate of drug-likeness (QED) is 0.298. The van der Waals surface area contributed by atoms with Gasteiger partial charge in [-0.05, 0) is 12.2 Å². The number of nitrogens with zero attached hydrogens (tertiary/aromatic N) is 3. The lowest BCUT2D eigenvalue weighted by atomic mass is 9.96. The molecule has 0 aromatic carbocycles. The molecule has 1 fully saturated rings. The monoisotopic (exact) mass is 551 g/mol. The maximum atomic E-state index is 13.8. The van der Waals surface area contributed by atoms with Crippen LogP contribution in [0.4, 0.5) is 13.2 Å². The third-order valence-electron chi connectivity index (χ3n) is 4.94. The van der Waals surface area contributed by atoms with Gasteiger partial charge in [-0.1, -0.05) is 21.1 Å². The second kappa shape index (κ2) is 10.7. The van der Waals surface area contributed by atoms with Crippen molar-refractivity contribution in [3.63, 3.8) is 0 Å². The first-order valence-electron chi connectivity index (χ1n) is 10.0. The summed E-state index contributed by atoms with van der Waals surface area (Å²) in [4.78, 5) is 34.9. The number of hydrogen-bond donors (Lipinski definition) is 0. The average molecular weight is 552 g/mol. The standard InChI is InChI=1S/C20H21BrF3N3O7/c1-8(28)31-7-15-18(32-9(2)29)17(19(20(21)34-15)33-10(3)30)27-6-14(25-26-27)11-4-12(22)16(24)13(23)5-11/h4-6,12,15-20H,7H2,1-3H3/t12?,15?,16?,17?,18-,19?,20-/m0/s1. The van der Waals surface area contributed by atoms with E-state index >= 15 is 0 Å². The minimum atomic E-state index is -2.41. The maximum Gasteiger partial charge on any atom is 0.303 e.